The lowest BCUT2D eigenvalue weighted by Gasteiger charge is -2.09. The van der Waals surface area contributed by atoms with Crippen molar-refractivity contribution >= 4 is 5.97 Å². The standard InChI is InChI=1S/C19H22O3/c1-14(2)10-15-6-8-16(9-7-15)13-22-18-5-3-4-17(11-18)12-19(20)21/h3-9,11,14H,10,12-13H2,1-2H3,(H,20,21). The molecule has 22 heavy (non-hydrogen) atoms. The van der Waals surface area contributed by atoms with Gasteiger partial charge in [-0.25, -0.2) is 0 Å². The van der Waals surface area contributed by atoms with Crippen molar-refractivity contribution in [1.29, 1.82) is 0 Å². The minimum atomic E-state index is -0.835. The number of carboxylic acid groups (broad SMARTS) is 1. The Hall–Kier alpha value is -2.29. The molecule has 0 saturated heterocycles. The predicted octanol–water partition coefficient (Wildman–Crippen LogP) is 4.09. The topological polar surface area (TPSA) is 46.5 Å². The summed E-state index contributed by atoms with van der Waals surface area (Å²) in [6, 6.07) is 15.7. The van der Waals surface area contributed by atoms with Crippen LogP contribution in [-0.2, 0) is 24.2 Å². The van der Waals surface area contributed by atoms with Crippen molar-refractivity contribution < 1.29 is 14.6 Å². The van der Waals surface area contributed by atoms with Gasteiger partial charge < -0.3 is 9.84 Å². The van der Waals surface area contributed by atoms with Crippen LogP contribution >= 0.6 is 0 Å². The highest BCUT2D eigenvalue weighted by Crippen LogP contribution is 2.16. The molecule has 3 heteroatoms. The molecule has 1 N–H and O–H groups in total. The van der Waals surface area contributed by atoms with Crippen LogP contribution in [0.1, 0.15) is 30.5 Å². The van der Waals surface area contributed by atoms with E-state index >= 15 is 0 Å². The van der Waals surface area contributed by atoms with Crippen LogP contribution in [0.3, 0.4) is 0 Å². The molecule has 0 aliphatic carbocycles. The van der Waals surface area contributed by atoms with Crippen LogP contribution in [-0.4, -0.2) is 11.1 Å². The van der Waals surface area contributed by atoms with Gasteiger partial charge in [0, 0.05) is 0 Å². The quantitative estimate of drug-likeness (QED) is 0.837. The maximum absolute atomic E-state index is 10.7. The zero-order chi connectivity index (χ0) is 15.9. The Morgan fingerprint density at radius 2 is 1.73 bits per heavy atom. The molecule has 0 aliphatic rings. The van der Waals surface area contributed by atoms with Gasteiger partial charge in [-0.3, -0.25) is 4.79 Å². The van der Waals surface area contributed by atoms with Gasteiger partial charge in [-0.2, -0.15) is 0 Å². The molecule has 0 bridgehead atoms. The minimum absolute atomic E-state index is 0.0150. The molecular weight excluding hydrogens is 276 g/mol. The fraction of sp³-hybridized carbons (Fsp3) is 0.316. The number of hydrogen-bond donors (Lipinski definition) is 1. The van der Waals surface area contributed by atoms with E-state index in [-0.39, 0.29) is 6.42 Å². The average molecular weight is 298 g/mol. The molecule has 0 aliphatic heterocycles. The SMILES string of the molecule is CC(C)Cc1ccc(COc2cccc(CC(=O)O)c2)cc1. The molecule has 0 heterocycles. The van der Waals surface area contributed by atoms with E-state index in [0.29, 0.717) is 18.3 Å². The lowest BCUT2D eigenvalue weighted by Crippen LogP contribution is -2.01. The summed E-state index contributed by atoms with van der Waals surface area (Å²) in [5, 5.41) is 8.81. The van der Waals surface area contributed by atoms with Crippen molar-refractivity contribution in [2.24, 2.45) is 5.92 Å². The molecular formula is C19H22O3. The maximum Gasteiger partial charge on any atom is 0.307 e. The summed E-state index contributed by atoms with van der Waals surface area (Å²) in [7, 11) is 0. The van der Waals surface area contributed by atoms with Gasteiger partial charge in [-0.1, -0.05) is 50.2 Å². The number of carboxylic acids is 1. The predicted molar refractivity (Wildman–Crippen MR) is 87.1 cm³/mol. The Kier molecular flexibility index (Phi) is 5.59. The molecule has 0 saturated carbocycles. The van der Waals surface area contributed by atoms with Gasteiger partial charge in [0.15, 0.2) is 0 Å². The number of ether oxygens (including phenoxy) is 1. The van der Waals surface area contributed by atoms with E-state index < -0.39 is 5.97 Å². The van der Waals surface area contributed by atoms with E-state index in [4.69, 9.17) is 9.84 Å². The number of aliphatic carboxylic acids is 1. The average Bonchev–Trinajstić information content (AvgIpc) is 2.46. The van der Waals surface area contributed by atoms with Crippen molar-refractivity contribution in [3.8, 4) is 5.75 Å². The molecule has 116 valence electrons. The summed E-state index contributed by atoms with van der Waals surface area (Å²) in [5.41, 5.74) is 3.19. The van der Waals surface area contributed by atoms with Crippen molar-refractivity contribution in [3.63, 3.8) is 0 Å². The molecule has 2 aromatic rings. The van der Waals surface area contributed by atoms with Crippen LogP contribution in [0.2, 0.25) is 0 Å². The monoisotopic (exact) mass is 298 g/mol. The number of carbonyl (C=O) groups is 1. The van der Waals surface area contributed by atoms with E-state index in [1.54, 1.807) is 12.1 Å². The molecule has 3 nitrogen and oxygen atoms in total. The lowest BCUT2D eigenvalue weighted by molar-refractivity contribution is -0.136. The van der Waals surface area contributed by atoms with Gasteiger partial charge in [0.25, 0.3) is 0 Å². The largest absolute Gasteiger partial charge is 0.489 e. The van der Waals surface area contributed by atoms with E-state index in [2.05, 4.69) is 38.1 Å². The van der Waals surface area contributed by atoms with Crippen molar-refractivity contribution in [1.82, 2.24) is 0 Å². The third kappa shape index (κ3) is 5.24. The molecule has 0 aromatic heterocycles. The summed E-state index contributed by atoms with van der Waals surface area (Å²) in [6.45, 7) is 4.90. The molecule has 0 amide bonds. The van der Waals surface area contributed by atoms with Crippen LogP contribution in [0.4, 0.5) is 0 Å². The summed E-state index contributed by atoms with van der Waals surface area (Å²) >= 11 is 0. The van der Waals surface area contributed by atoms with E-state index in [9.17, 15) is 4.79 Å². The van der Waals surface area contributed by atoms with Gasteiger partial charge >= 0.3 is 5.97 Å². The molecule has 0 radical (unpaired) electrons. The zero-order valence-corrected chi connectivity index (χ0v) is 13.1. The molecule has 0 spiro atoms. The van der Waals surface area contributed by atoms with Gasteiger partial charge in [-0.15, -0.1) is 0 Å². The molecule has 0 atom stereocenters. The first-order chi connectivity index (χ1) is 10.5. The van der Waals surface area contributed by atoms with Gasteiger partial charge in [-0.05, 0) is 41.2 Å². The van der Waals surface area contributed by atoms with E-state index in [0.717, 1.165) is 17.5 Å². The summed E-state index contributed by atoms with van der Waals surface area (Å²) < 4.78 is 5.74. The molecule has 2 aromatic carbocycles. The Labute approximate surface area is 131 Å². The third-order valence-electron chi connectivity index (χ3n) is 3.33. The third-order valence-corrected chi connectivity index (χ3v) is 3.33. The molecule has 0 fully saturated rings. The highest BCUT2D eigenvalue weighted by atomic mass is 16.5. The van der Waals surface area contributed by atoms with Crippen LogP contribution in [0, 0.1) is 5.92 Å². The van der Waals surface area contributed by atoms with Crippen molar-refractivity contribution in [3.05, 3.63) is 65.2 Å². The Morgan fingerprint density at radius 3 is 2.36 bits per heavy atom. The number of hydrogen-bond acceptors (Lipinski definition) is 2. The highest BCUT2D eigenvalue weighted by Gasteiger charge is 2.03. The van der Waals surface area contributed by atoms with Gasteiger partial charge in [0.2, 0.25) is 0 Å². The minimum Gasteiger partial charge on any atom is -0.489 e. The van der Waals surface area contributed by atoms with Crippen LogP contribution in [0.5, 0.6) is 5.75 Å². The smallest absolute Gasteiger partial charge is 0.307 e. The first kappa shape index (κ1) is 16.1. The van der Waals surface area contributed by atoms with Gasteiger partial charge in [0.05, 0.1) is 6.42 Å². The molecule has 0 unspecified atom stereocenters. The fourth-order valence-electron chi connectivity index (χ4n) is 2.33. The Balaban J connectivity index is 1.93. The summed E-state index contributed by atoms with van der Waals surface area (Å²) in [6.07, 6.45) is 1.10. The van der Waals surface area contributed by atoms with Crippen molar-refractivity contribution in [2.75, 3.05) is 0 Å². The second kappa shape index (κ2) is 7.64. The Morgan fingerprint density at radius 1 is 1.05 bits per heavy atom. The van der Waals surface area contributed by atoms with Gasteiger partial charge in [0.1, 0.15) is 12.4 Å². The normalized spacial score (nSPS) is 10.7. The van der Waals surface area contributed by atoms with Crippen LogP contribution in [0.25, 0.3) is 0 Å². The number of rotatable bonds is 7. The zero-order valence-electron chi connectivity index (χ0n) is 13.1. The fourth-order valence-corrected chi connectivity index (χ4v) is 2.33. The maximum atomic E-state index is 10.7. The second-order valence-electron chi connectivity index (χ2n) is 5.92. The summed E-state index contributed by atoms with van der Waals surface area (Å²) in [5.74, 6) is 0.516. The first-order valence-electron chi connectivity index (χ1n) is 7.54. The number of benzene rings is 2. The van der Waals surface area contributed by atoms with Crippen molar-refractivity contribution in [2.45, 2.75) is 33.3 Å². The first-order valence-corrected chi connectivity index (χ1v) is 7.54. The van der Waals surface area contributed by atoms with E-state index in [1.165, 1.54) is 5.56 Å². The summed E-state index contributed by atoms with van der Waals surface area (Å²) in [4.78, 5) is 10.7. The highest BCUT2D eigenvalue weighted by molar-refractivity contribution is 5.70. The molecule has 2 rings (SSSR count). The second-order valence-corrected chi connectivity index (χ2v) is 5.92. The van der Waals surface area contributed by atoms with Crippen LogP contribution in [0.15, 0.2) is 48.5 Å². The Bertz CT molecular complexity index is 615. The van der Waals surface area contributed by atoms with Crippen LogP contribution < -0.4 is 4.74 Å². The lowest BCUT2D eigenvalue weighted by atomic mass is 10.0. The van der Waals surface area contributed by atoms with E-state index in [1.807, 2.05) is 12.1 Å².